The van der Waals surface area contributed by atoms with E-state index in [1.807, 2.05) is 0 Å². The molecule has 30 heavy (non-hydrogen) atoms. The number of alkyl halides is 3. The van der Waals surface area contributed by atoms with Gasteiger partial charge in [-0.2, -0.15) is 13.2 Å². The summed E-state index contributed by atoms with van der Waals surface area (Å²) in [5.41, 5.74) is 2.29. The number of benzene rings is 1. The first-order valence-electron chi connectivity index (χ1n) is 8.48. The topological polar surface area (TPSA) is 113 Å². The smallest absolute Gasteiger partial charge is 0.404 e. The van der Waals surface area contributed by atoms with Gasteiger partial charge in [0.2, 0.25) is 5.95 Å². The van der Waals surface area contributed by atoms with Gasteiger partial charge in [-0.1, -0.05) is 4.46 Å². The third kappa shape index (κ3) is 6.25. The highest BCUT2D eigenvalue weighted by Gasteiger charge is 2.36. The minimum absolute atomic E-state index is 0.0835. The van der Waals surface area contributed by atoms with E-state index < -0.39 is 38.3 Å². The monoisotopic (exact) mass is 440 g/mol. The quantitative estimate of drug-likeness (QED) is 0.346. The van der Waals surface area contributed by atoms with E-state index in [4.69, 9.17) is 5.73 Å². The van der Waals surface area contributed by atoms with Crippen molar-refractivity contribution in [3.05, 3.63) is 47.7 Å². The van der Waals surface area contributed by atoms with Crippen molar-refractivity contribution in [3.8, 4) is 0 Å². The van der Waals surface area contributed by atoms with Crippen LogP contribution in [0.3, 0.4) is 0 Å². The summed E-state index contributed by atoms with van der Waals surface area (Å²) in [5.74, 6) is -1.09. The van der Waals surface area contributed by atoms with Crippen LogP contribution in [0.2, 0.25) is 0 Å². The summed E-state index contributed by atoms with van der Waals surface area (Å²) in [6.45, 7) is 2.88. The van der Waals surface area contributed by atoms with Crippen LogP contribution in [0.15, 0.2) is 35.6 Å². The van der Waals surface area contributed by atoms with Crippen LogP contribution in [0, 0.1) is 5.82 Å². The fourth-order valence-corrected chi connectivity index (χ4v) is 2.56. The molecule has 0 atom stereocenters. The van der Waals surface area contributed by atoms with Crippen LogP contribution >= 0.6 is 0 Å². The molecule has 2 rings (SSSR count). The average Bonchev–Trinajstić information content (AvgIpc) is 2.65. The number of hydrogen-bond donors (Lipinski definition) is 3. The van der Waals surface area contributed by atoms with Crippen LogP contribution in [0.4, 0.5) is 29.2 Å². The maximum atomic E-state index is 14.1. The molecule has 0 aliphatic rings. The standard InChI is InChI=1S/C18H18F4N5O2Si/c1-17(2,28)9-24-7-10(6-23)15-12(18(20,21)22)8-25-16(27-15)26-14-4-3-11(30-29)5-13(14)19/h3-8,28H,9,23H2,1-2H3,(H,25,26,27)/q+1/b10-6+,24-7?. The van der Waals surface area contributed by atoms with Crippen LogP contribution in [0.25, 0.3) is 5.57 Å². The van der Waals surface area contributed by atoms with Gasteiger partial charge in [0.1, 0.15) is 11.4 Å². The Labute approximate surface area is 171 Å². The lowest BCUT2D eigenvalue weighted by Crippen LogP contribution is -2.22. The molecule has 1 aromatic heterocycles. The summed E-state index contributed by atoms with van der Waals surface area (Å²) in [7, 11) is -0.856. The van der Waals surface area contributed by atoms with E-state index in [0.29, 0.717) is 6.20 Å². The lowest BCUT2D eigenvalue weighted by atomic mass is 10.1. The maximum absolute atomic E-state index is 14.1. The summed E-state index contributed by atoms with van der Waals surface area (Å²) in [6.07, 6.45) is -2.29. The van der Waals surface area contributed by atoms with Crippen molar-refractivity contribution in [1.29, 1.82) is 0 Å². The minimum Gasteiger partial charge on any atom is -0.404 e. The van der Waals surface area contributed by atoms with Gasteiger partial charge in [-0.15, -0.1) is 0 Å². The Hall–Kier alpha value is -2.99. The van der Waals surface area contributed by atoms with Crippen LogP contribution in [0.5, 0.6) is 0 Å². The number of aromatic nitrogens is 2. The second-order valence-corrected chi connectivity index (χ2v) is 7.56. The molecule has 0 radical (unpaired) electrons. The number of nitrogens with one attached hydrogen (secondary N) is 1. The second kappa shape index (κ2) is 9.22. The largest absolute Gasteiger partial charge is 0.784 e. The molecule has 0 aliphatic carbocycles. The highest BCUT2D eigenvalue weighted by molar-refractivity contribution is 6.38. The van der Waals surface area contributed by atoms with Crippen molar-refractivity contribution in [2.24, 2.45) is 10.7 Å². The molecule has 0 unspecified atom stereocenters. The van der Waals surface area contributed by atoms with Gasteiger partial charge in [0.05, 0.1) is 23.5 Å². The number of halogens is 4. The number of rotatable bonds is 7. The maximum Gasteiger partial charge on any atom is 0.784 e. The van der Waals surface area contributed by atoms with E-state index >= 15 is 0 Å². The number of aliphatic imine (C=N–C) groups is 1. The number of nitrogens with two attached hydrogens (primary N) is 1. The van der Waals surface area contributed by atoms with Crippen molar-refractivity contribution in [2.75, 3.05) is 11.9 Å². The van der Waals surface area contributed by atoms with Gasteiger partial charge in [-0.05, 0) is 26.0 Å². The molecule has 158 valence electrons. The van der Waals surface area contributed by atoms with Gasteiger partial charge in [0.25, 0.3) is 0 Å². The van der Waals surface area contributed by atoms with E-state index in [9.17, 15) is 27.1 Å². The van der Waals surface area contributed by atoms with Crippen molar-refractivity contribution < 1.29 is 27.1 Å². The molecule has 0 aliphatic heterocycles. The van der Waals surface area contributed by atoms with Crippen LogP contribution in [-0.2, 0) is 10.6 Å². The molecule has 2 aromatic rings. The van der Waals surface area contributed by atoms with Gasteiger partial charge in [-0.25, -0.2) is 14.4 Å². The number of anilines is 2. The average molecular weight is 440 g/mol. The molecular formula is C18H18F4N5O2Si+. The van der Waals surface area contributed by atoms with Crippen molar-refractivity contribution in [3.63, 3.8) is 0 Å². The van der Waals surface area contributed by atoms with Gasteiger partial charge in [-0.3, -0.25) is 4.99 Å². The van der Waals surface area contributed by atoms with Crippen molar-refractivity contribution >= 4 is 38.0 Å². The fraction of sp³-hybridized carbons (Fsp3) is 0.278. The van der Waals surface area contributed by atoms with E-state index in [-0.39, 0.29) is 28.9 Å². The van der Waals surface area contributed by atoms with Gasteiger partial charge >= 0.3 is 15.6 Å². The molecule has 0 saturated carbocycles. The molecule has 1 heterocycles. The highest BCUT2D eigenvalue weighted by atomic mass is 28.2. The van der Waals surface area contributed by atoms with Crippen molar-refractivity contribution in [1.82, 2.24) is 9.97 Å². The molecule has 4 N–H and O–H groups in total. The second-order valence-electron chi connectivity index (χ2n) is 6.78. The van der Waals surface area contributed by atoms with Crippen LogP contribution < -0.4 is 16.2 Å². The first-order chi connectivity index (χ1) is 13.9. The molecular weight excluding hydrogens is 422 g/mol. The van der Waals surface area contributed by atoms with Gasteiger partial charge < -0.3 is 16.2 Å². The zero-order valence-electron chi connectivity index (χ0n) is 16.0. The van der Waals surface area contributed by atoms with Crippen LogP contribution in [-0.4, -0.2) is 42.8 Å². The summed E-state index contributed by atoms with van der Waals surface area (Å²) in [5, 5.41) is 12.4. The Morgan fingerprint density at radius 1 is 1.37 bits per heavy atom. The summed E-state index contributed by atoms with van der Waals surface area (Å²) in [6, 6.07) is 3.67. The molecule has 0 saturated heterocycles. The van der Waals surface area contributed by atoms with Crippen LogP contribution in [0.1, 0.15) is 25.1 Å². The first kappa shape index (κ1) is 23.3. The molecule has 1 aromatic carbocycles. The number of nitrogens with zero attached hydrogens (tertiary/aromatic N) is 3. The normalized spacial score (nSPS) is 12.8. The Morgan fingerprint density at radius 3 is 2.60 bits per heavy atom. The molecule has 0 bridgehead atoms. The molecule has 7 nitrogen and oxygen atoms in total. The molecule has 12 heteroatoms. The number of aliphatic hydroxyl groups is 1. The van der Waals surface area contributed by atoms with E-state index in [1.54, 1.807) is 0 Å². The Bertz CT molecular complexity index is 988. The van der Waals surface area contributed by atoms with E-state index in [0.717, 1.165) is 18.5 Å². The zero-order valence-corrected chi connectivity index (χ0v) is 17.0. The number of allylic oxidation sites excluding steroid dienone is 1. The van der Waals surface area contributed by atoms with Crippen molar-refractivity contribution in [2.45, 2.75) is 25.6 Å². The Balaban J connectivity index is 2.45. The third-order valence-electron chi connectivity index (χ3n) is 3.59. The lowest BCUT2D eigenvalue weighted by Gasteiger charge is -2.15. The predicted octanol–water partition coefficient (Wildman–Crippen LogP) is 2.19. The summed E-state index contributed by atoms with van der Waals surface area (Å²) in [4.78, 5) is 11.3. The molecule has 0 fully saturated rings. The minimum atomic E-state index is -4.78. The zero-order chi connectivity index (χ0) is 22.5. The van der Waals surface area contributed by atoms with Gasteiger partial charge in [0.15, 0.2) is 5.19 Å². The lowest BCUT2D eigenvalue weighted by molar-refractivity contribution is -0.138. The summed E-state index contributed by atoms with van der Waals surface area (Å²) < 4.78 is 65.2. The molecule has 0 spiro atoms. The molecule has 0 amide bonds. The summed E-state index contributed by atoms with van der Waals surface area (Å²) >= 11 is 0. The Kier molecular flexibility index (Phi) is 7.15. The third-order valence-corrected chi connectivity index (χ3v) is 4.14. The fourth-order valence-electron chi connectivity index (χ4n) is 2.22. The first-order valence-corrected chi connectivity index (χ1v) is 9.39. The SMILES string of the molecule is CC(C)(O)CN=C/C(=C\N)c1nc(Nc2ccc([Si+]=O)cc2F)ncc1C(F)(F)F. The van der Waals surface area contributed by atoms with Gasteiger partial charge in [0, 0.05) is 30.3 Å². The Morgan fingerprint density at radius 2 is 2.07 bits per heavy atom. The highest BCUT2D eigenvalue weighted by Crippen LogP contribution is 2.34. The van der Waals surface area contributed by atoms with E-state index in [2.05, 4.69) is 20.3 Å². The number of hydrogen-bond acceptors (Lipinski definition) is 7. The van der Waals surface area contributed by atoms with E-state index in [1.165, 1.54) is 26.0 Å². The predicted molar refractivity (Wildman–Crippen MR) is 105 cm³/mol.